The summed E-state index contributed by atoms with van der Waals surface area (Å²) in [6.07, 6.45) is -0.226. The van der Waals surface area contributed by atoms with E-state index in [0.29, 0.717) is 4.47 Å². The van der Waals surface area contributed by atoms with Gasteiger partial charge >= 0.3 is 0 Å². The molecule has 0 saturated heterocycles. The number of nitrogens with zero attached hydrogens (tertiary/aromatic N) is 1. The van der Waals surface area contributed by atoms with Gasteiger partial charge in [-0.1, -0.05) is 24.3 Å². The van der Waals surface area contributed by atoms with Crippen LogP contribution < -0.4 is 0 Å². The van der Waals surface area contributed by atoms with Crippen LogP contribution in [0.25, 0.3) is 0 Å². The highest BCUT2D eigenvalue weighted by Crippen LogP contribution is 2.24. The zero-order chi connectivity index (χ0) is 14.7. The summed E-state index contributed by atoms with van der Waals surface area (Å²) in [5.74, 6) is -1.16. The minimum absolute atomic E-state index is 0.0920. The maximum absolute atomic E-state index is 13.7. The Balaban J connectivity index is 2.36. The number of benzene rings is 2. The van der Waals surface area contributed by atoms with Gasteiger partial charge in [0.2, 0.25) is 0 Å². The van der Waals surface area contributed by atoms with Gasteiger partial charge in [-0.15, -0.1) is 0 Å². The summed E-state index contributed by atoms with van der Waals surface area (Å²) < 4.78 is 14.0. The second-order valence-corrected chi connectivity index (χ2v) is 4.94. The van der Waals surface area contributed by atoms with E-state index in [0.717, 1.165) is 0 Å². The summed E-state index contributed by atoms with van der Waals surface area (Å²) >= 11 is 3.11. The minimum atomic E-state index is -0.650. The van der Waals surface area contributed by atoms with Gasteiger partial charge in [-0.05, 0) is 28.1 Å². The maximum Gasteiger partial charge on any atom is 0.273 e. The van der Waals surface area contributed by atoms with Crippen LogP contribution in [0.1, 0.15) is 15.9 Å². The first kappa shape index (κ1) is 14.3. The Kier molecular flexibility index (Phi) is 4.24. The molecule has 0 aliphatic carbocycles. The molecule has 0 amide bonds. The fourth-order valence-electron chi connectivity index (χ4n) is 1.86. The molecule has 0 aliphatic rings. The van der Waals surface area contributed by atoms with E-state index >= 15 is 0 Å². The van der Waals surface area contributed by atoms with E-state index < -0.39 is 16.5 Å². The fraction of sp³-hybridized carbons (Fsp3) is 0.0714. The normalized spacial score (nSPS) is 10.3. The van der Waals surface area contributed by atoms with Crippen LogP contribution in [-0.4, -0.2) is 10.7 Å². The van der Waals surface area contributed by atoms with Crippen molar-refractivity contribution in [2.75, 3.05) is 0 Å². The topological polar surface area (TPSA) is 60.2 Å². The Hall–Kier alpha value is -2.08. The molecule has 0 fully saturated rings. The molecule has 4 nitrogen and oxygen atoms in total. The minimum Gasteiger partial charge on any atom is -0.294 e. The monoisotopic (exact) mass is 337 g/mol. The molecule has 0 saturated carbocycles. The summed E-state index contributed by atoms with van der Waals surface area (Å²) in [6.45, 7) is 0. The Bertz CT molecular complexity index is 668. The van der Waals surface area contributed by atoms with Crippen molar-refractivity contribution in [3.05, 3.63) is 74.0 Å². The predicted molar refractivity (Wildman–Crippen MR) is 75.2 cm³/mol. The molecule has 2 rings (SSSR count). The molecule has 2 aromatic carbocycles. The van der Waals surface area contributed by atoms with E-state index in [1.165, 1.54) is 30.3 Å². The quantitative estimate of drug-likeness (QED) is 0.482. The summed E-state index contributed by atoms with van der Waals surface area (Å²) in [5.41, 5.74) is 0.0246. The van der Waals surface area contributed by atoms with Crippen molar-refractivity contribution in [2.45, 2.75) is 6.42 Å². The zero-order valence-corrected chi connectivity index (χ0v) is 11.8. The number of ketones is 1. The van der Waals surface area contributed by atoms with E-state index in [-0.39, 0.29) is 23.2 Å². The molecule has 20 heavy (non-hydrogen) atoms. The first-order valence-electron chi connectivity index (χ1n) is 5.70. The zero-order valence-electron chi connectivity index (χ0n) is 10.2. The standard InChI is InChI=1S/C14H9BrFNO3/c15-10-5-3-6-11(16)14(10)13(18)8-9-4-1-2-7-12(9)17(19)20/h1-7H,8H2. The molecule has 0 atom stereocenters. The lowest BCUT2D eigenvalue weighted by Gasteiger charge is -2.06. The first-order valence-corrected chi connectivity index (χ1v) is 6.49. The van der Waals surface area contributed by atoms with Gasteiger partial charge in [0.15, 0.2) is 5.78 Å². The highest BCUT2D eigenvalue weighted by molar-refractivity contribution is 9.10. The molecule has 0 radical (unpaired) electrons. The Morgan fingerprint density at radius 1 is 1.20 bits per heavy atom. The van der Waals surface area contributed by atoms with Crippen molar-refractivity contribution in [3.63, 3.8) is 0 Å². The molecule has 6 heteroatoms. The predicted octanol–water partition coefficient (Wildman–Crippen LogP) is 3.92. The number of carbonyl (C=O) groups is 1. The number of nitro benzene ring substituents is 1. The summed E-state index contributed by atoms with van der Waals surface area (Å²) in [4.78, 5) is 22.5. The molecule has 0 spiro atoms. The number of hydrogen-bond donors (Lipinski definition) is 0. The number of carbonyl (C=O) groups excluding carboxylic acids is 1. The van der Waals surface area contributed by atoms with Gasteiger partial charge in [-0.25, -0.2) is 4.39 Å². The van der Waals surface area contributed by atoms with Crippen LogP contribution in [0.5, 0.6) is 0 Å². The van der Waals surface area contributed by atoms with Crippen LogP contribution in [0.2, 0.25) is 0 Å². The van der Waals surface area contributed by atoms with Crippen LogP contribution in [0, 0.1) is 15.9 Å². The number of nitro groups is 1. The average molecular weight is 338 g/mol. The molecule has 2 aromatic rings. The molecular weight excluding hydrogens is 329 g/mol. The number of rotatable bonds is 4. The van der Waals surface area contributed by atoms with E-state index in [1.54, 1.807) is 12.1 Å². The van der Waals surface area contributed by atoms with E-state index in [1.807, 2.05) is 0 Å². The van der Waals surface area contributed by atoms with Crippen molar-refractivity contribution in [3.8, 4) is 0 Å². The molecule has 0 N–H and O–H groups in total. The van der Waals surface area contributed by atoms with Crippen molar-refractivity contribution in [1.82, 2.24) is 0 Å². The van der Waals surface area contributed by atoms with E-state index in [2.05, 4.69) is 15.9 Å². The molecule has 0 aromatic heterocycles. The SMILES string of the molecule is O=C(Cc1ccccc1[N+](=O)[O-])c1c(F)cccc1Br. The van der Waals surface area contributed by atoms with E-state index in [4.69, 9.17) is 0 Å². The van der Waals surface area contributed by atoms with Crippen molar-refractivity contribution >= 4 is 27.4 Å². The summed E-state index contributed by atoms with van der Waals surface area (Å²) in [6, 6.07) is 10.1. The Morgan fingerprint density at radius 3 is 2.55 bits per heavy atom. The number of halogens is 2. The Morgan fingerprint density at radius 2 is 1.90 bits per heavy atom. The Labute approximate surface area is 122 Å². The lowest BCUT2D eigenvalue weighted by molar-refractivity contribution is -0.385. The largest absolute Gasteiger partial charge is 0.294 e. The molecule has 0 unspecified atom stereocenters. The fourth-order valence-corrected chi connectivity index (χ4v) is 2.43. The second kappa shape index (κ2) is 5.92. The number of hydrogen-bond acceptors (Lipinski definition) is 3. The third kappa shape index (κ3) is 2.91. The van der Waals surface area contributed by atoms with Crippen LogP contribution in [0.4, 0.5) is 10.1 Å². The van der Waals surface area contributed by atoms with E-state index in [9.17, 15) is 19.3 Å². The van der Waals surface area contributed by atoms with Gasteiger partial charge in [0.05, 0.1) is 10.5 Å². The van der Waals surface area contributed by atoms with Gasteiger partial charge in [0, 0.05) is 22.5 Å². The van der Waals surface area contributed by atoms with Gasteiger partial charge in [0.1, 0.15) is 5.82 Å². The average Bonchev–Trinajstić information content (AvgIpc) is 2.38. The lowest BCUT2D eigenvalue weighted by Crippen LogP contribution is -2.08. The summed E-state index contributed by atoms with van der Waals surface area (Å²) in [7, 11) is 0. The van der Waals surface area contributed by atoms with Crippen molar-refractivity contribution in [2.24, 2.45) is 0 Å². The molecule has 0 aliphatic heterocycles. The first-order chi connectivity index (χ1) is 9.50. The smallest absolute Gasteiger partial charge is 0.273 e. The molecule has 0 bridgehead atoms. The number of Topliss-reactive ketones (excluding diaryl/α,β-unsaturated/α-hetero) is 1. The molecular formula is C14H9BrFNO3. The highest BCUT2D eigenvalue weighted by atomic mass is 79.9. The van der Waals surface area contributed by atoms with Gasteiger partial charge in [0.25, 0.3) is 5.69 Å². The second-order valence-electron chi connectivity index (χ2n) is 4.08. The van der Waals surface area contributed by atoms with Gasteiger partial charge in [-0.2, -0.15) is 0 Å². The maximum atomic E-state index is 13.7. The van der Waals surface area contributed by atoms with Gasteiger partial charge < -0.3 is 0 Å². The summed E-state index contributed by atoms with van der Waals surface area (Å²) in [5, 5.41) is 10.9. The van der Waals surface area contributed by atoms with Crippen molar-refractivity contribution < 1.29 is 14.1 Å². The van der Waals surface area contributed by atoms with Crippen LogP contribution in [-0.2, 0) is 6.42 Å². The third-order valence-corrected chi connectivity index (χ3v) is 3.44. The van der Waals surface area contributed by atoms with Gasteiger partial charge in [-0.3, -0.25) is 14.9 Å². The van der Waals surface area contributed by atoms with Crippen LogP contribution in [0.3, 0.4) is 0 Å². The third-order valence-electron chi connectivity index (χ3n) is 2.78. The highest BCUT2D eigenvalue weighted by Gasteiger charge is 2.20. The van der Waals surface area contributed by atoms with Crippen LogP contribution >= 0.6 is 15.9 Å². The number of para-hydroxylation sites is 1. The van der Waals surface area contributed by atoms with Crippen molar-refractivity contribution in [1.29, 1.82) is 0 Å². The van der Waals surface area contributed by atoms with Crippen LogP contribution in [0.15, 0.2) is 46.9 Å². The molecule has 0 heterocycles. The lowest BCUT2D eigenvalue weighted by atomic mass is 10.0. The molecule has 102 valence electrons.